The fourth-order valence-electron chi connectivity index (χ4n) is 2.67. The van der Waals surface area contributed by atoms with Crippen LogP contribution in [0.1, 0.15) is 5.82 Å². The number of fused-ring (bicyclic) bond motifs is 1. The molecule has 0 saturated carbocycles. The van der Waals surface area contributed by atoms with E-state index in [0.717, 1.165) is 0 Å². The van der Waals surface area contributed by atoms with Crippen LogP contribution in [0, 0.1) is 5.82 Å². The maximum absolute atomic E-state index is 12.8. The van der Waals surface area contributed by atoms with Gasteiger partial charge in [-0.25, -0.2) is 9.37 Å². The predicted octanol–water partition coefficient (Wildman–Crippen LogP) is 1.93. The number of rotatable bonds is 7. The molecule has 0 saturated heterocycles. The highest BCUT2D eigenvalue weighted by atomic mass is 19.1. The van der Waals surface area contributed by atoms with E-state index < -0.39 is 6.10 Å². The number of para-hydroxylation sites is 1. The first kappa shape index (κ1) is 18.0. The Labute approximate surface area is 149 Å². The lowest BCUT2D eigenvalue weighted by Crippen LogP contribution is -2.33. The third-order valence-corrected chi connectivity index (χ3v) is 3.86. The van der Waals surface area contributed by atoms with Gasteiger partial charge in [-0.2, -0.15) is 0 Å². The molecule has 2 N–H and O–H groups in total. The molecule has 136 valence electrons. The van der Waals surface area contributed by atoms with E-state index in [2.05, 4.69) is 9.97 Å². The fraction of sp³-hybridized carbons (Fsp3) is 0.263. The van der Waals surface area contributed by atoms with Crippen LogP contribution in [0.15, 0.2) is 53.3 Å². The Morgan fingerprint density at radius 2 is 1.96 bits per heavy atom. The van der Waals surface area contributed by atoms with E-state index >= 15 is 0 Å². The summed E-state index contributed by atoms with van der Waals surface area (Å²) in [5.74, 6) is 0.686. The van der Waals surface area contributed by atoms with Crippen LogP contribution in [0.4, 0.5) is 4.39 Å². The molecule has 1 aromatic heterocycles. The second-order valence-electron chi connectivity index (χ2n) is 6.15. The monoisotopic (exact) mass is 357 g/mol. The molecular formula is C19H20FN3O3. The summed E-state index contributed by atoms with van der Waals surface area (Å²) in [6.45, 7) is 0.795. The van der Waals surface area contributed by atoms with Gasteiger partial charge in [0.25, 0.3) is 5.56 Å². The highest BCUT2D eigenvalue weighted by Crippen LogP contribution is 2.11. The number of H-pyrrole nitrogens is 1. The maximum Gasteiger partial charge on any atom is 0.258 e. The normalized spacial score (nSPS) is 12.5. The van der Waals surface area contributed by atoms with Gasteiger partial charge in [0.1, 0.15) is 30.1 Å². The van der Waals surface area contributed by atoms with Crippen LogP contribution in [0.5, 0.6) is 5.75 Å². The third-order valence-electron chi connectivity index (χ3n) is 3.86. The Balaban J connectivity index is 1.55. The van der Waals surface area contributed by atoms with Gasteiger partial charge in [0.2, 0.25) is 0 Å². The number of likely N-dealkylation sites (N-methyl/N-ethyl adjacent to an activating group) is 1. The summed E-state index contributed by atoms with van der Waals surface area (Å²) in [5.41, 5.74) is 0.457. The fourth-order valence-corrected chi connectivity index (χ4v) is 2.67. The minimum atomic E-state index is -0.739. The van der Waals surface area contributed by atoms with Crippen molar-refractivity contribution in [3.63, 3.8) is 0 Å². The molecule has 3 aromatic rings. The van der Waals surface area contributed by atoms with Gasteiger partial charge in [0.05, 0.1) is 17.4 Å². The quantitative estimate of drug-likeness (QED) is 0.676. The van der Waals surface area contributed by atoms with E-state index in [0.29, 0.717) is 35.6 Å². The lowest BCUT2D eigenvalue weighted by molar-refractivity contribution is 0.0737. The lowest BCUT2D eigenvalue weighted by atomic mass is 10.2. The van der Waals surface area contributed by atoms with Gasteiger partial charge in [0, 0.05) is 6.54 Å². The molecule has 0 amide bonds. The molecule has 0 radical (unpaired) electrons. The lowest BCUT2D eigenvalue weighted by Gasteiger charge is -2.20. The first-order valence-electron chi connectivity index (χ1n) is 8.24. The number of halogens is 1. The molecule has 2 aromatic carbocycles. The summed E-state index contributed by atoms with van der Waals surface area (Å²) < 4.78 is 18.3. The highest BCUT2D eigenvalue weighted by molar-refractivity contribution is 5.77. The molecule has 0 aliphatic carbocycles. The number of nitrogens with one attached hydrogen (secondary N) is 1. The third kappa shape index (κ3) is 4.65. The van der Waals surface area contributed by atoms with Crippen LogP contribution in [-0.2, 0) is 6.54 Å². The molecule has 0 bridgehead atoms. The molecule has 1 heterocycles. The van der Waals surface area contributed by atoms with Crippen LogP contribution in [0.2, 0.25) is 0 Å². The Bertz CT molecular complexity index is 927. The Morgan fingerprint density at radius 3 is 2.73 bits per heavy atom. The zero-order valence-electron chi connectivity index (χ0n) is 14.4. The predicted molar refractivity (Wildman–Crippen MR) is 96.6 cm³/mol. The summed E-state index contributed by atoms with van der Waals surface area (Å²) in [4.78, 5) is 21.1. The van der Waals surface area contributed by atoms with Crippen molar-refractivity contribution in [2.45, 2.75) is 12.6 Å². The number of aliphatic hydroxyl groups excluding tert-OH is 1. The van der Waals surface area contributed by atoms with Crippen molar-refractivity contribution in [3.05, 3.63) is 70.5 Å². The molecule has 3 rings (SSSR count). The first-order valence-corrected chi connectivity index (χ1v) is 8.24. The highest BCUT2D eigenvalue weighted by Gasteiger charge is 2.12. The van der Waals surface area contributed by atoms with Crippen molar-refractivity contribution in [2.24, 2.45) is 0 Å². The molecule has 1 atom stereocenters. The summed E-state index contributed by atoms with van der Waals surface area (Å²) in [7, 11) is 1.82. The van der Waals surface area contributed by atoms with Crippen molar-refractivity contribution < 1.29 is 14.2 Å². The smallest absolute Gasteiger partial charge is 0.258 e. The number of ether oxygens (including phenoxy) is 1. The van der Waals surface area contributed by atoms with Crippen LogP contribution in [0.3, 0.4) is 0 Å². The van der Waals surface area contributed by atoms with E-state index in [9.17, 15) is 14.3 Å². The van der Waals surface area contributed by atoms with Gasteiger partial charge in [-0.1, -0.05) is 12.1 Å². The van der Waals surface area contributed by atoms with Gasteiger partial charge in [-0.15, -0.1) is 0 Å². The van der Waals surface area contributed by atoms with E-state index in [4.69, 9.17) is 4.74 Å². The molecule has 1 unspecified atom stereocenters. The van der Waals surface area contributed by atoms with Gasteiger partial charge >= 0.3 is 0 Å². The largest absolute Gasteiger partial charge is 0.491 e. The van der Waals surface area contributed by atoms with Gasteiger partial charge in [-0.05, 0) is 43.4 Å². The number of aromatic amines is 1. The minimum absolute atomic E-state index is 0.0810. The molecule has 0 aliphatic heterocycles. The van der Waals surface area contributed by atoms with Crippen LogP contribution >= 0.6 is 0 Å². The Morgan fingerprint density at radius 1 is 1.23 bits per heavy atom. The summed E-state index contributed by atoms with van der Waals surface area (Å²) >= 11 is 0. The van der Waals surface area contributed by atoms with Crippen molar-refractivity contribution in [2.75, 3.05) is 20.2 Å². The topological polar surface area (TPSA) is 78.5 Å². The average molecular weight is 357 g/mol. The van der Waals surface area contributed by atoms with E-state index in [-0.39, 0.29) is 18.0 Å². The number of aliphatic hydroxyl groups is 1. The van der Waals surface area contributed by atoms with Crippen molar-refractivity contribution in [1.29, 1.82) is 0 Å². The first-order chi connectivity index (χ1) is 12.5. The molecule has 0 spiro atoms. The van der Waals surface area contributed by atoms with Crippen LogP contribution in [0.25, 0.3) is 10.9 Å². The summed E-state index contributed by atoms with van der Waals surface area (Å²) in [6, 6.07) is 12.8. The van der Waals surface area contributed by atoms with E-state index in [1.807, 2.05) is 18.0 Å². The van der Waals surface area contributed by atoms with E-state index in [1.165, 1.54) is 24.3 Å². The molecule has 0 aliphatic rings. The number of aromatic nitrogens is 2. The molecule has 7 heteroatoms. The number of hydrogen-bond donors (Lipinski definition) is 2. The zero-order valence-corrected chi connectivity index (χ0v) is 14.4. The maximum atomic E-state index is 12.8. The van der Waals surface area contributed by atoms with E-state index in [1.54, 1.807) is 18.2 Å². The minimum Gasteiger partial charge on any atom is -0.491 e. The van der Waals surface area contributed by atoms with Crippen LogP contribution in [-0.4, -0.2) is 46.3 Å². The van der Waals surface area contributed by atoms with Crippen molar-refractivity contribution in [3.8, 4) is 5.75 Å². The zero-order chi connectivity index (χ0) is 18.5. The van der Waals surface area contributed by atoms with Gasteiger partial charge < -0.3 is 14.8 Å². The molecule has 26 heavy (non-hydrogen) atoms. The summed E-state index contributed by atoms with van der Waals surface area (Å²) in [5, 5.41) is 10.7. The second-order valence-corrected chi connectivity index (χ2v) is 6.15. The molecule has 0 fully saturated rings. The second kappa shape index (κ2) is 8.07. The van der Waals surface area contributed by atoms with Crippen molar-refractivity contribution >= 4 is 10.9 Å². The van der Waals surface area contributed by atoms with Gasteiger partial charge in [0.15, 0.2) is 0 Å². The summed E-state index contributed by atoms with van der Waals surface area (Å²) in [6.07, 6.45) is -0.739. The average Bonchev–Trinajstić information content (AvgIpc) is 2.61. The number of nitrogens with zero attached hydrogens (tertiary/aromatic N) is 2. The number of benzene rings is 2. The molecular weight excluding hydrogens is 337 g/mol. The van der Waals surface area contributed by atoms with Crippen LogP contribution < -0.4 is 10.3 Å². The Hall–Kier alpha value is -2.77. The van der Waals surface area contributed by atoms with Gasteiger partial charge in [-0.3, -0.25) is 9.69 Å². The standard InChI is InChI=1S/C19H20FN3O3/c1-23(10-14(24)12-26-15-8-6-13(20)7-9-15)11-18-21-17-5-3-2-4-16(17)19(25)22-18/h2-9,14,24H,10-12H2,1H3,(H,21,22,25). The molecule has 6 nitrogen and oxygen atoms in total. The Kier molecular flexibility index (Phi) is 5.60. The van der Waals surface area contributed by atoms with Crippen molar-refractivity contribution in [1.82, 2.24) is 14.9 Å². The SMILES string of the molecule is CN(Cc1nc2ccccc2c(=O)[nH]1)CC(O)COc1ccc(F)cc1. The number of hydrogen-bond acceptors (Lipinski definition) is 5.